The molecular weight excluding hydrogens is 304 g/mol. The summed E-state index contributed by atoms with van der Waals surface area (Å²) in [6.07, 6.45) is 3.86. The van der Waals surface area contributed by atoms with Gasteiger partial charge in [-0.05, 0) is 49.8 Å². The van der Waals surface area contributed by atoms with E-state index >= 15 is 0 Å². The van der Waals surface area contributed by atoms with Crippen LogP contribution in [0.5, 0.6) is 0 Å². The maximum atomic E-state index is 10.5. The van der Waals surface area contributed by atoms with Crippen molar-refractivity contribution < 1.29 is 5.11 Å². The SMILES string of the molecule is CC1CCC(O)(CNc2cc(Br)cc(C#N)c2)CC1. The van der Waals surface area contributed by atoms with E-state index in [9.17, 15) is 5.11 Å². The third-order valence-corrected chi connectivity index (χ3v) is 4.31. The van der Waals surface area contributed by atoms with Crippen molar-refractivity contribution in [2.24, 2.45) is 5.92 Å². The van der Waals surface area contributed by atoms with Crippen LogP contribution in [-0.4, -0.2) is 17.3 Å². The van der Waals surface area contributed by atoms with Crippen LogP contribution in [0.1, 0.15) is 38.2 Å². The molecule has 2 N–H and O–H groups in total. The van der Waals surface area contributed by atoms with E-state index in [4.69, 9.17) is 5.26 Å². The predicted octanol–water partition coefficient (Wildman–Crippen LogP) is 3.67. The van der Waals surface area contributed by atoms with Gasteiger partial charge in [-0.1, -0.05) is 22.9 Å². The average molecular weight is 323 g/mol. The van der Waals surface area contributed by atoms with Gasteiger partial charge in [-0.2, -0.15) is 5.26 Å². The topological polar surface area (TPSA) is 56.0 Å². The number of halogens is 1. The molecule has 0 unspecified atom stereocenters. The summed E-state index contributed by atoms with van der Waals surface area (Å²) in [6.45, 7) is 2.78. The minimum Gasteiger partial charge on any atom is -0.388 e. The highest BCUT2D eigenvalue weighted by molar-refractivity contribution is 9.10. The van der Waals surface area contributed by atoms with Gasteiger partial charge in [-0.15, -0.1) is 0 Å². The van der Waals surface area contributed by atoms with Gasteiger partial charge in [0.25, 0.3) is 0 Å². The first-order valence-electron chi connectivity index (χ1n) is 6.68. The van der Waals surface area contributed by atoms with E-state index in [1.807, 2.05) is 6.07 Å². The fourth-order valence-electron chi connectivity index (χ4n) is 2.50. The Labute approximate surface area is 122 Å². The molecule has 0 saturated heterocycles. The summed E-state index contributed by atoms with van der Waals surface area (Å²) in [5, 5.41) is 22.7. The molecule has 0 bridgehead atoms. The van der Waals surface area contributed by atoms with E-state index in [-0.39, 0.29) is 0 Å². The van der Waals surface area contributed by atoms with Crippen LogP contribution in [0.4, 0.5) is 5.69 Å². The third kappa shape index (κ3) is 3.95. The van der Waals surface area contributed by atoms with Gasteiger partial charge in [-0.3, -0.25) is 0 Å². The van der Waals surface area contributed by atoms with Crippen LogP contribution < -0.4 is 5.32 Å². The molecule has 1 aliphatic carbocycles. The molecule has 0 radical (unpaired) electrons. The van der Waals surface area contributed by atoms with Gasteiger partial charge >= 0.3 is 0 Å². The zero-order valence-corrected chi connectivity index (χ0v) is 12.7. The van der Waals surface area contributed by atoms with Crippen molar-refractivity contribution in [2.75, 3.05) is 11.9 Å². The van der Waals surface area contributed by atoms with Crippen molar-refractivity contribution in [2.45, 2.75) is 38.2 Å². The molecule has 0 heterocycles. The molecule has 1 aliphatic rings. The number of nitriles is 1. The molecule has 3 nitrogen and oxygen atoms in total. The Morgan fingerprint density at radius 3 is 2.74 bits per heavy atom. The monoisotopic (exact) mass is 322 g/mol. The van der Waals surface area contributed by atoms with Crippen LogP contribution in [0.3, 0.4) is 0 Å². The molecular formula is C15H19BrN2O. The minimum atomic E-state index is -0.609. The molecule has 0 spiro atoms. The number of hydrogen-bond donors (Lipinski definition) is 2. The summed E-state index contributed by atoms with van der Waals surface area (Å²) in [6, 6.07) is 7.64. The Bertz CT molecular complexity index is 487. The molecule has 2 rings (SSSR count). The van der Waals surface area contributed by atoms with Crippen LogP contribution in [0.25, 0.3) is 0 Å². The highest BCUT2D eigenvalue weighted by Gasteiger charge is 2.31. The second-order valence-corrected chi connectivity index (χ2v) is 6.52. The number of nitrogens with one attached hydrogen (secondary N) is 1. The van der Waals surface area contributed by atoms with Crippen molar-refractivity contribution in [1.29, 1.82) is 5.26 Å². The van der Waals surface area contributed by atoms with Crippen molar-refractivity contribution >= 4 is 21.6 Å². The molecule has 1 aromatic rings. The molecule has 1 fully saturated rings. The molecule has 19 heavy (non-hydrogen) atoms. The van der Waals surface area contributed by atoms with Gasteiger partial charge in [0.05, 0.1) is 17.2 Å². The molecule has 0 amide bonds. The summed E-state index contributed by atoms with van der Waals surface area (Å²) in [4.78, 5) is 0. The molecule has 102 valence electrons. The van der Waals surface area contributed by atoms with Crippen molar-refractivity contribution in [3.8, 4) is 6.07 Å². The summed E-state index contributed by atoms with van der Waals surface area (Å²) >= 11 is 3.39. The summed E-state index contributed by atoms with van der Waals surface area (Å²) < 4.78 is 0.873. The first kappa shape index (κ1) is 14.4. The predicted molar refractivity (Wildman–Crippen MR) is 79.9 cm³/mol. The zero-order valence-electron chi connectivity index (χ0n) is 11.1. The van der Waals surface area contributed by atoms with Crippen molar-refractivity contribution in [3.63, 3.8) is 0 Å². The minimum absolute atomic E-state index is 0.543. The molecule has 0 aromatic heterocycles. The van der Waals surface area contributed by atoms with Crippen LogP contribution >= 0.6 is 15.9 Å². The summed E-state index contributed by atoms with van der Waals surface area (Å²) in [5.41, 5.74) is 0.876. The Hall–Kier alpha value is -1.05. The lowest BCUT2D eigenvalue weighted by atomic mass is 9.79. The number of anilines is 1. The Morgan fingerprint density at radius 2 is 2.11 bits per heavy atom. The van der Waals surface area contributed by atoms with Gasteiger partial charge in [0.1, 0.15) is 0 Å². The largest absolute Gasteiger partial charge is 0.388 e. The quantitative estimate of drug-likeness (QED) is 0.892. The van der Waals surface area contributed by atoms with Crippen LogP contribution in [-0.2, 0) is 0 Å². The van der Waals surface area contributed by atoms with Gasteiger partial charge < -0.3 is 10.4 Å². The maximum Gasteiger partial charge on any atom is 0.0992 e. The average Bonchev–Trinajstić information content (AvgIpc) is 2.40. The van der Waals surface area contributed by atoms with E-state index in [1.165, 1.54) is 0 Å². The number of rotatable bonds is 3. The fourth-order valence-corrected chi connectivity index (χ4v) is 2.99. The van der Waals surface area contributed by atoms with Crippen molar-refractivity contribution in [1.82, 2.24) is 0 Å². The molecule has 1 aromatic carbocycles. The molecule has 1 saturated carbocycles. The van der Waals surface area contributed by atoms with Crippen LogP contribution in [0, 0.1) is 17.2 Å². The number of aliphatic hydroxyl groups is 1. The normalized spacial score (nSPS) is 26.7. The Morgan fingerprint density at radius 1 is 1.42 bits per heavy atom. The molecule has 0 atom stereocenters. The second-order valence-electron chi connectivity index (χ2n) is 5.60. The number of hydrogen-bond acceptors (Lipinski definition) is 3. The summed E-state index contributed by atoms with van der Waals surface area (Å²) in [5.74, 6) is 0.719. The van der Waals surface area contributed by atoms with Crippen LogP contribution in [0.2, 0.25) is 0 Å². The molecule has 0 aliphatic heterocycles. The van der Waals surface area contributed by atoms with Gasteiger partial charge in [0, 0.05) is 16.7 Å². The standard InChI is InChI=1S/C15H19BrN2O/c1-11-2-4-15(19,5-3-11)10-18-14-7-12(9-17)6-13(16)8-14/h6-8,11,18-19H,2-5,10H2,1H3. The Kier molecular flexibility index (Phi) is 4.49. The van der Waals surface area contributed by atoms with E-state index in [1.54, 1.807) is 12.1 Å². The maximum absolute atomic E-state index is 10.5. The van der Waals surface area contributed by atoms with E-state index in [0.29, 0.717) is 12.1 Å². The van der Waals surface area contributed by atoms with Gasteiger partial charge in [-0.25, -0.2) is 0 Å². The lowest BCUT2D eigenvalue weighted by Gasteiger charge is -2.35. The lowest BCUT2D eigenvalue weighted by Crippen LogP contribution is -2.40. The molecule has 4 heteroatoms. The first-order valence-corrected chi connectivity index (χ1v) is 7.47. The van der Waals surface area contributed by atoms with Crippen molar-refractivity contribution in [3.05, 3.63) is 28.2 Å². The third-order valence-electron chi connectivity index (χ3n) is 3.85. The van der Waals surface area contributed by atoms with Crippen LogP contribution in [0.15, 0.2) is 22.7 Å². The Balaban J connectivity index is 1.99. The van der Waals surface area contributed by atoms with Gasteiger partial charge in [0.2, 0.25) is 0 Å². The highest BCUT2D eigenvalue weighted by Crippen LogP contribution is 2.32. The fraction of sp³-hybridized carbons (Fsp3) is 0.533. The van der Waals surface area contributed by atoms with E-state index in [0.717, 1.165) is 41.8 Å². The van der Waals surface area contributed by atoms with E-state index in [2.05, 4.69) is 34.2 Å². The lowest BCUT2D eigenvalue weighted by molar-refractivity contribution is 0.00501. The number of benzene rings is 1. The van der Waals surface area contributed by atoms with Gasteiger partial charge in [0.15, 0.2) is 0 Å². The number of nitrogens with zero attached hydrogens (tertiary/aromatic N) is 1. The second kappa shape index (κ2) is 5.94. The summed E-state index contributed by atoms with van der Waals surface area (Å²) in [7, 11) is 0. The first-order chi connectivity index (χ1) is 9.00. The van der Waals surface area contributed by atoms with E-state index < -0.39 is 5.60 Å². The zero-order chi connectivity index (χ0) is 13.9. The smallest absolute Gasteiger partial charge is 0.0992 e. The highest BCUT2D eigenvalue weighted by atomic mass is 79.9.